The summed E-state index contributed by atoms with van der Waals surface area (Å²) in [6.07, 6.45) is 12.3. The van der Waals surface area contributed by atoms with Crippen LogP contribution in [-0.2, 0) is 15.9 Å². The zero-order chi connectivity index (χ0) is 18.2. The molecule has 0 bridgehead atoms. The molecule has 0 heterocycles. The van der Waals surface area contributed by atoms with E-state index in [-0.39, 0.29) is 21.0 Å². The van der Waals surface area contributed by atoms with Gasteiger partial charge in [-0.05, 0) is 30.5 Å². The van der Waals surface area contributed by atoms with E-state index in [1.807, 2.05) is 12.1 Å². The Labute approximate surface area is 169 Å². The Balaban J connectivity index is 0. The van der Waals surface area contributed by atoms with Crippen molar-refractivity contribution in [2.45, 2.75) is 79.2 Å². The van der Waals surface area contributed by atoms with Gasteiger partial charge >= 0.3 is 0 Å². The Kier molecular flexibility index (Phi) is 20.1. The second kappa shape index (κ2) is 19.4. The van der Waals surface area contributed by atoms with Crippen LogP contribution in [0.25, 0.3) is 0 Å². The standard InChI is InChI=1S/C22H36O3.2CH4/c1-4-6-7-8-9-10-11-12-20-13-15-21(16-14-20)25-19-22(18-23-3)24-17-5-2;;/h5,13-16,22H,2,4,6-12,17-19H2,1,3H3;2*1H4. The lowest BCUT2D eigenvalue weighted by atomic mass is 10.0. The molecule has 27 heavy (non-hydrogen) atoms. The van der Waals surface area contributed by atoms with Crippen LogP contribution in [0.4, 0.5) is 0 Å². The third kappa shape index (κ3) is 14.4. The van der Waals surface area contributed by atoms with Crippen molar-refractivity contribution in [1.29, 1.82) is 0 Å². The Morgan fingerprint density at radius 1 is 0.926 bits per heavy atom. The van der Waals surface area contributed by atoms with Crippen molar-refractivity contribution in [3.05, 3.63) is 42.5 Å². The average molecular weight is 381 g/mol. The van der Waals surface area contributed by atoms with Crippen molar-refractivity contribution in [3.8, 4) is 5.75 Å². The van der Waals surface area contributed by atoms with Crippen LogP contribution in [0.1, 0.15) is 72.3 Å². The molecule has 0 aliphatic rings. The third-order valence-corrected chi connectivity index (χ3v) is 4.23. The molecule has 0 saturated heterocycles. The van der Waals surface area contributed by atoms with Crippen molar-refractivity contribution in [3.63, 3.8) is 0 Å². The fraction of sp³-hybridized carbons (Fsp3) is 0.667. The van der Waals surface area contributed by atoms with E-state index in [1.54, 1.807) is 13.2 Å². The summed E-state index contributed by atoms with van der Waals surface area (Å²) in [4.78, 5) is 0. The van der Waals surface area contributed by atoms with Gasteiger partial charge in [-0.3, -0.25) is 0 Å². The maximum atomic E-state index is 5.81. The Hall–Kier alpha value is -1.32. The lowest BCUT2D eigenvalue weighted by Crippen LogP contribution is -2.26. The largest absolute Gasteiger partial charge is 0.491 e. The zero-order valence-corrected chi connectivity index (χ0v) is 16.2. The first kappa shape index (κ1) is 27.9. The fourth-order valence-electron chi connectivity index (χ4n) is 2.76. The molecule has 0 aromatic heterocycles. The van der Waals surface area contributed by atoms with E-state index in [1.165, 1.54) is 50.5 Å². The summed E-state index contributed by atoms with van der Waals surface area (Å²) < 4.78 is 16.6. The van der Waals surface area contributed by atoms with Crippen molar-refractivity contribution in [2.24, 2.45) is 0 Å². The molecule has 3 nitrogen and oxygen atoms in total. The first-order chi connectivity index (χ1) is 12.3. The lowest BCUT2D eigenvalue weighted by Gasteiger charge is -2.17. The number of hydrogen-bond acceptors (Lipinski definition) is 3. The lowest BCUT2D eigenvalue weighted by molar-refractivity contribution is -0.0141. The summed E-state index contributed by atoms with van der Waals surface area (Å²) in [5.41, 5.74) is 1.39. The van der Waals surface area contributed by atoms with E-state index in [4.69, 9.17) is 14.2 Å². The molecule has 1 atom stereocenters. The molecule has 0 radical (unpaired) electrons. The summed E-state index contributed by atoms with van der Waals surface area (Å²) in [5.74, 6) is 0.881. The minimum atomic E-state index is -0.0737. The molecule has 0 fully saturated rings. The molecule has 1 aromatic rings. The molecule has 0 aliphatic carbocycles. The van der Waals surface area contributed by atoms with Gasteiger partial charge in [0.2, 0.25) is 0 Å². The van der Waals surface area contributed by atoms with Gasteiger partial charge in [0, 0.05) is 7.11 Å². The molecular formula is C24H44O3. The van der Waals surface area contributed by atoms with E-state index in [2.05, 4.69) is 25.6 Å². The molecular weight excluding hydrogens is 336 g/mol. The number of hydrogen-bond donors (Lipinski definition) is 0. The number of benzene rings is 1. The SMILES string of the molecule is C.C.C=CCOC(COC)COc1ccc(CCCCCCCCC)cc1. The summed E-state index contributed by atoms with van der Waals surface area (Å²) in [6, 6.07) is 8.44. The van der Waals surface area contributed by atoms with Crippen LogP contribution in [-0.4, -0.2) is 33.0 Å². The first-order valence-electron chi connectivity index (χ1n) is 9.73. The predicted molar refractivity (Wildman–Crippen MR) is 119 cm³/mol. The maximum Gasteiger partial charge on any atom is 0.119 e. The monoisotopic (exact) mass is 380 g/mol. The van der Waals surface area contributed by atoms with Crippen LogP contribution in [0.2, 0.25) is 0 Å². The van der Waals surface area contributed by atoms with E-state index in [0.717, 1.165) is 12.2 Å². The molecule has 0 spiro atoms. The highest BCUT2D eigenvalue weighted by Gasteiger charge is 2.09. The van der Waals surface area contributed by atoms with Gasteiger partial charge in [0.15, 0.2) is 0 Å². The quantitative estimate of drug-likeness (QED) is 0.232. The molecule has 1 rings (SSSR count). The minimum Gasteiger partial charge on any atom is -0.491 e. The molecule has 1 aromatic carbocycles. The van der Waals surface area contributed by atoms with E-state index < -0.39 is 0 Å². The topological polar surface area (TPSA) is 27.7 Å². The molecule has 1 unspecified atom stereocenters. The van der Waals surface area contributed by atoms with Crippen LogP contribution in [0.15, 0.2) is 36.9 Å². The number of aryl methyl sites for hydroxylation is 1. The summed E-state index contributed by atoms with van der Waals surface area (Å²) >= 11 is 0. The van der Waals surface area contributed by atoms with Gasteiger partial charge in [-0.2, -0.15) is 0 Å². The zero-order valence-electron chi connectivity index (χ0n) is 16.2. The Morgan fingerprint density at radius 3 is 2.15 bits per heavy atom. The summed E-state index contributed by atoms with van der Waals surface area (Å²) in [5, 5.41) is 0. The summed E-state index contributed by atoms with van der Waals surface area (Å²) in [6.45, 7) is 7.44. The van der Waals surface area contributed by atoms with Gasteiger partial charge in [-0.1, -0.05) is 78.5 Å². The van der Waals surface area contributed by atoms with Crippen LogP contribution < -0.4 is 4.74 Å². The molecule has 158 valence electrons. The second-order valence-corrected chi connectivity index (χ2v) is 6.53. The number of methoxy groups -OCH3 is 1. The highest BCUT2D eigenvalue weighted by Crippen LogP contribution is 2.16. The van der Waals surface area contributed by atoms with Crippen LogP contribution in [0, 0.1) is 0 Å². The van der Waals surface area contributed by atoms with E-state index >= 15 is 0 Å². The first-order valence-corrected chi connectivity index (χ1v) is 9.73. The van der Waals surface area contributed by atoms with Crippen molar-refractivity contribution < 1.29 is 14.2 Å². The molecule has 0 saturated carbocycles. The van der Waals surface area contributed by atoms with Crippen molar-refractivity contribution in [1.82, 2.24) is 0 Å². The molecule has 0 amide bonds. The highest BCUT2D eigenvalue weighted by atomic mass is 16.6. The van der Waals surface area contributed by atoms with Gasteiger partial charge in [0.05, 0.1) is 13.2 Å². The van der Waals surface area contributed by atoms with Crippen LogP contribution >= 0.6 is 0 Å². The van der Waals surface area contributed by atoms with Gasteiger partial charge in [-0.15, -0.1) is 6.58 Å². The smallest absolute Gasteiger partial charge is 0.119 e. The highest BCUT2D eigenvalue weighted by molar-refractivity contribution is 5.27. The Bertz CT molecular complexity index is 428. The van der Waals surface area contributed by atoms with E-state index in [0.29, 0.717) is 19.8 Å². The molecule has 3 heteroatoms. The number of ether oxygens (including phenoxy) is 3. The maximum absolute atomic E-state index is 5.81. The molecule has 0 aliphatic heterocycles. The second-order valence-electron chi connectivity index (χ2n) is 6.53. The Morgan fingerprint density at radius 2 is 1.56 bits per heavy atom. The van der Waals surface area contributed by atoms with Gasteiger partial charge in [-0.25, -0.2) is 0 Å². The fourth-order valence-corrected chi connectivity index (χ4v) is 2.76. The predicted octanol–water partition coefficient (Wildman–Crippen LogP) is 6.85. The van der Waals surface area contributed by atoms with Gasteiger partial charge in [0.1, 0.15) is 18.5 Å². The van der Waals surface area contributed by atoms with Crippen LogP contribution in [0.5, 0.6) is 5.75 Å². The third-order valence-electron chi connectivity index (χ3n) is 4.23. The van der Waals surface area contributed by atoms with E-state index in [9.17, 15) is 0 Å². The van der Waals surface area contributed by atoms with Crippen molar-refractivity contribution >= 4 is 0 Å². The van der Waals surface area contributed by atoms with Crippen molar-refractivity contribution in [2.75, 3.05) is 26.9 Å². The number of unbranched alkanes of at least 4 members (excludes halogenated alkanes) is 6. The average Bonchev–Trinajstić information content (AvgIpc) is 2.64. The molecule has 0 N–H and O–H groups in total. The van der Waals surface area contributed by atoms with Gasteiger partial charge in [0.25, 0.3) is 0 Å². The normalized spacial score (nSPS) is 11.2. The minimum absolute atomic E-state index is 0. The summed E-state index contributed by atoms with van der Waals surface area (Å²) in [7, 11) is 1.67. The van der Waals surface area contributed by atoms with Crippen LogP contribution in [0.3, 0.4) is 0 Å². The van der Waals surface area contributed by atoms with Gasteiger partial charge < -0.3 is 14.2 Å². The number of rotatable bonds is 16.